The van der Waals surface area contributed by atoms with Gasteiger partial charge < -0.3 is 5.32 Å². The molecule has 2 aromatic carbocycles. The van der Waals surface area contributed by atoms with Gasteiger partial charge in [-0.3, -0.25) is 9.69 Å². The number of nitrogens with zero attached hydrogens (tertiary/aromatic N) is 3. The van der Waals surface area contributed by atoms with Crippen LogP contribution in [0.5, 0.6) is 0 Å². The monoisotopic (exact) mass is 488 g/mol. The number of nitrogens with one attached hydrogen (secondary N) is 1. The average Bonchev–Trinajstić information content (AvgIpc) is 3.24. The molecule has 1 N–H and O–H groups in total. The van der Waals surface area contributed by atoms with Gasteiger partial charge in [-0.05, 0) is 61.4 Å². The molecule has 0 spiro atoms. The standard InChI is InChI=1S/C23H25FN4O3S2/c1-16-3-8-20(13-17(16)2)33(30,31)28-11-9-27(10-12-28)14-22(29)26-23-25-21(15-32-23)18-4-6-19(24)7-5-18/h3-8,13,15H,9-12,14H2,1-2H3,(H,25,26,29). The zero-order valence-corrected chi connectivity index (χ0v) is 20.0. The Morgan fingerprint density at radius 2 is 1.76 bits per heavy atom. The Morgan fingerprint density at radius 1 is 1.06 bits per heavy atom. The largest absolute Gasteiger partial charge is 0.301 e. The molecular weight excluding hydrogens is 463 g/mol. The number of anilines is 1. The lowest BCUT2D eigenvalue weighted by Crippen LogP contribution is -2.50. The Bertz CT molecular complexity index is 1250. The number of aromatic nitrogens is 1. The average molecular weight is 489 g/mol. The molecule has 1 amide bonds. The van der Waals surface area contributed by atoms with E-state index in [2.05, 4.69) is 10.3 Å². The zero-order valence-electron chi connectivity index (χ0n) is 18.4. The smallest absolute Gasteiger partial charge is 0.243 e. The molecule has 1 aliphatic rings. The SMILES string of the molecule is Cc1ccc(S(=O)(=O)N2CCN(CC(=O)Nc3nc(-c4ccc(F)cc4)cs3)CC2)cc1C. The molecule has 0 bridgehead atoms. The van der Waals surface area contributed by atoms with E-state index < -0.39 is 10.0 Å². The molecule has 0 saturated carbocycles. The van der Waals surface area contributed by atoms with Crippen molar-refractivity contribution in [1.29, 1.82) is 0 Å². The number of benzene rings is 2. The van der Waals surface area contributed by atoms with Crippen molar-refractivity contribution < 1.29 is 17.6 Å². The highest BCUT2D eigenvalue weighted by atomic mass is 32.2. The van der Waals surface area contributed by atoms with Crippen LogP contribution in [-0.4, -0.2) is 61.2 Å². The number of rotatable bonds is 6. The van der Waals surface area contributed by atoms with Gasteiger partial charge in [0.15, 0.2) is 5.13 Å². The number of carbonyl (C=O) groups is 1. The van der Waals surface area contributed by atoms with Crippen LogP contribution in [0, 0.1) is 19.7 Å². The van der Waals surface area contributed by atoms with Crippen molar-refractivity contribution in [3.8, 4) is 11.3 Å². The molecule has 0 atom stereocenters. The Morgan fingerprint density at radius 3 is 2.42 bits per heavy atom. The summed E-state index contributed by atoms with van der Waals surface area (Å²) in [7, 11) is -3.55. The highest BCUT2D eigenvalue weighted by Crippen LogP contribution is 2.25. The minimum Gasteiger partial charge on any atom is -0.301 e. The van der Waals surface area contributed by atoms with Crippen LogP contribution in [-0.2, 0) is 14.8 Å². The fraction of sp³-hybridized carbons (Fsp3) is 0.304. The number of carbonyl (C=O) groups excluding carboxylic acids is 1. The van der Waals surface area contributed by atoms with Crippen LogP contribution in [0.2, 0.25) is 0 Å². The summed E-state index contributed by atoms with van der Waals surface area (Å²) < 4.78 is 40.5. The van der Waals surface area contributed by atoms with E-state index in [0.717, 1.165) is 16.7 Å². The fourth-order valence-corrected chi connectivity index (χ4v) is 5.84. The molecule has 0 radical (unpaired) electrons. The summed E-state index contributed by atoms with van der Waals surface area (Å²) in [6, 6.07) is 11.2. The van der Waals surface area contributed by atoms with Gasteiger partial charge in [0.25, 0.3) is 0 Å². The molecule has 33 heavy (non-hydrogen) atoms. The number of halogens is 1. The van der Waals surface area contributed by atoms with Gasteiger partial charge in [-0.25, -0.2) is 17.8 Å². The van der Waals surface area contributed by atoms with Crippen molar-refractivity contribution in [2.24, 2.45) is 0 Å². The minimum absolute atomic E-state index is 0.156. The molecule has 2 heterocycles. The molecule has 0 unspecified atom stereocenters. The van der Waals surface area contributed by atoms with Gasteiger partial charge in [0.2, 0.25) is 15.9 Å². The lowest BCUT2D eigenvalue weighted by Gasteiger charge is -2.33. The van der Waals surface area contributed by atoms with Crippen LogP contribution >= 0.6 is 11.3 Å². The summed E-state index contributed by atoms with van der Waals surface area (Å²) in [5.74, 6) is -0.523. The molecule has 7 nitrogen and oxygen atoms in total. The van der Waals surface area contributed by atoms with Gasteiger partial charge in [-0.15, -0.1) is 11.3 Å². The lowest BCUT2D eigenvalue weighted by atomic mass is 10.1. The molecule has 174 valence electrons. The van der Waals surface area contributed by atoms with E-state index in [1.807, 2.05) is 24.8 Å². The highest BCUT2D eigenvalue weighted by molar-refractivity contribution is 7.89. The zero-order chi connectivity index (χ0) is 23.6. The first-order chi connectivity index (χ1) is 15.7. The highest BCUT2D eigenvalue weighted by Gasteiger charge is 2.29. The van der Waals surface area contributed by atoms with Gasteiger partial charge in [0.05, 0.1) is 17.1 Å². The van der Waals surface area contributed by atoms with E-state index in [9.17, 15) is 17.6 Å². The third kappa shape index (κ3) is 5.47. The summed E-state index contributed by atoms with van der Waals surface area (Å²) >= 11 is 1.30. The molecule has 3 aromatic rings. The first-order valence-electron chi connectivity index (χ1n) is 10.5. The predicted octanol–water partition coefficient (Wildman–Crippen LogP) is 3.51. The quantitative estimate of drug-likeness (QED) is 0.574. The van der Waals surface area contributed by atoms with Gasteiger partial charge in [0.1, 0.15) is 5.82 Å². The van der Waals surface area contributed by atoms with Crippen molar-refractivity contribution in [1.82, 2.24) is 14.2 Å². The predicted molar refractivity (Wildman–Crippen MR) is 127 cm³/mol. The maximum Gasteiger partial charge on any atom is 0.243 e. The summed E-state index contributed by atoms with van der Waals surface area (Å²) in [5, 5.41) is 5.06. The van der Waals surface area contributed by atoms with E-state index in [-0.39, 0.29) is 18.3 Å². The van der Waals surface area contributed by atoms with E-state index in [0.29, 0.717) is 41.9 Å². The van der Waals surface area contributed by atoms with E-state index in [4.69, 9.17) is 0 Å². The summed E-state index contributed by atoms with van der Waals surface area (Å²) in [6.07, 6.45) is 0. The first-order valence-corrected chi connectivity index (χ1v) is 12.9. The summed E-state index contributed by atoms with van der Waals surface area (Å²) in [4.78, 5) is 19.1. The van der Waals surface area contributed by atoms with Gasteiger partial charge >= 0.3 is 0 Å². The van der Waals surface area contributed by atoms with Crippen LogP contribution in [0.25, 0.3) is 11.3 Å². The van der Waals surface area contributed by atoms with Gasteiger partial charge in [-0.1, -0.05) is 6.07 Å². The normalized spacial score (nSPS) is 15.5. The number of hydrogen-bond donors (Lipinski definition) is 1. The third-order valence-corrected chi connectivity index (χ3v) is 8.36. The van der Waals surface area contributed by atoms with E-state index in [1.165, 1.54) is 27.8 Å². The molecule has 1 aliphatic heterocycles. The fourth-order valence-electron chi connectivity index (χ4n) is 3.60. The molecule has 1 saturated heterocycles. The minimum atomic E-state index is -3.55. The van der Waals surface area contributed by atoms with Crippen molar-refractivity contribution in [2.75, 3.05) is 38.0 Å². The number of piperazine rings is 1. The topological polar surface area (TPSA) is 82.6 Å². The van der Waals surface area contributed by atoms with Crippen molar-refractivity contribution in [3.63, 3.8) is 0 Å². The first kappa shape index (κ1) is 23.5. The lowest BCUT2D eigenvalue weighted by molar-refractivity contribution is -0.117. The van der Waals surface area contributed by atoms with Gasteiger partial charge in [-0.2, -0.15) is 4.31 Å². The molecule has 0 aliphatic carbocycles. The molecule has 4 rings (SSSR count). The molecular formula is C23H25FN4O3S2. The number of hydrogen-bond acceptors (Lipinski definition) is 6. The molecule has 1 aromatic heterocycles. The molecule has 10 heteroatoms. The van der Waals surface area contributed by atoms with Crippen LogP contribution in [0.15, 0.2) is 52.7 Å². The Kier molecular flexibility index (Phi) is 6.89. The van der Waals surface area contributed by atoms with Crippen LogP contribution in [0.3, 0.4) is 0 Å². The third-order valence-electron chi connectivity index (χ3n) is 5.71. The second-order valence-corrected chi connectivity index (χ2v) is 10.8. The Balaban J connectivity index is 1.30. The summed E-state index contributed by atoms with van der Waals surface area (Å²) in [5.41, 5.74) is 3.43. The Hall–Kier alpha value is -2.66. The van der Waals surface area contributed by atoms with Crippen molar-refractivity contribution in [3.05, 3.63) is 64.8 Å². The van der Waals surface area contributed by atoms with Crippen molar-refractivity contribution in [2.45, 2.75) is 18.7 Å². The Labute approximate surface area is 196 Å². The van der Waals surface area contributed by atoms with Crippen LogP contribution in [0.4, 0.5) is 9.52 Å². The number of thiazole rings is 1. The number of amides is 1. The van der Waals surface area contributed by atoms with E-state index in [1.54, 1.807) is 29.6 Å². The summed E-state index contributed by atoms with van der Waals surface area (Å²) in [6.45, 7) is 5.60. The molecule has 1 fully saturated rings. The second-order valence-electron chi connectivity index (χ2n) is 8.02. The van der Waals surface area contributed by atoms with Crippen LogP contribution < -0.4 is 5.32 Å². The number of sulfonamides is 1. The maximum atomic E-state index is 13.1. The van der Waals surface area contributed by atoms with Gasteiger partial charge in [0, 0.05) is 37.1 Å². The van der Waals surface area contributed by atoms with Crippen molar-refractivity contribution >= 4 is 32.4 Å². The maximum absolute atomic E-state index is 13.1. The van der Waals surface area contributed by atoms with Crippen LogP contribution in [0.1, 0.15) is 11.1 Å². The van der Waals surface area contributed by atoms with E-state index >= 15 is 0 Å². The second kappa shape index (κ2) is 9.68. The number of aryl methyl sites for hydroxylation is 2.